The molecule has 0 rings (SSSR count). The van der Waals surface area contributed by atoms with E-state index in [1.165, 1.54) is 103 Å². The van der Waals surface area contributed by atoms with Gasteiger partial charge in [-0.3, -0.25) is 9.36 Å². The molecule has 71 heavy (non-hydrogen) atoms. The monoisotopic (exact) mass is 1010 g/mol. The number of likely N-dealkylation sites (N-methyl/N-ethyl adjacent to an activating group) is 1. The molecule has 0 aliphatic heterocycles. The molecule has 0 spiro atoms. The molecule has 0 fully saturated rings. The number of carbonyl (C=O) groups excluding carboxylic acids is 1. The molecule has 0 aromatic carbocycles. The van der Waals surface area contributed by atoms with Crippen molar-refractivity contribution in [3.05, 3.63) is 97.2 Å². The Bertz CT molecular complexity index is 1490. The summed E-state index contributed by atoms with van der Waals surface area (Å²) in [4.78, 5) is 25.5. The van der Waals surface area contributed by atoms with Gasteiger partial charge in [-0.1, -0.05) is 213 Å². The number of quaternary nitrogens is 1. The van der Waals surface area contributed by atoms with Gasteiger partial charge in [0.15, 0.2) is 0 Å². The molecule has 10 heteroatoms. The van der Waals surface area contributed by atoms with Gasteiger partial charge in [0, 0.05) is 6.42 Å². The van der Waals surface area contributed by atoms with Crippen molar-refractivity contribution in [1.29, 1.82) is 0 Å². The summed E-state index contributed by atoms with van der Waals surface area (Å²) in [5, 5.41) is 24.7. The Hall–Kier alpha value is -2.62. The molecule has 0 aliphatic rings. The quantitative estimate of drug-likeness (QED) is 0.0240. The zero-order valence-electron chi connectivity index (χ0n) is 46.3. The number of phosphoric ester groups is 1. The lowest BCUT2D eigenvalue weighted by Crippen LogP contribution is -2.51. The van der Waals surface area contributed by atoms with Gasteiger partial charge in [0.2, 0.25) is 5.91 Å². The molecule has 0 saturated carbocycles. The maximum atomic E-state index is 13.0. The van der Waals surface area contributed by atoms with Crippen LogP contribution in [0.1, 0.15) is 226 Å². The minimum atomic E-state index is -4.69. The van der Waals surface area contributed by atoms with Crippen LogP contribution in [0.4, 0.5) is 0 Å². The largest absolute Gasteiger partial charge is 0.756 e. The third-order valence-electron chi connectivity index (χ3n) is 12.4. The van der Waals surface area contributed by atoms with Gasteiger partial charge in [0.25, 0.3) is 7.82 Å². The molecule has 0 saturated heterocycles. The van der Waals surface area contributed by atoms with Crippen LogP contribution in [-0.2, 0) is 18.4 Å². The van der Waals surface area contributed by atoms with E-state index in [1.54, 1.807) is 0 Å². The Morgan fingerprint density at radius 1 is 0.535 bits per heavy atom. The summed E-state index contributed by atoms with van der Waals surface area (Å²) in [6, 6.07) is -1.10. The van der Waals surface area contributed by atoms with Crippen molar-refractivity contribution in [3.63, 3.8) is 0 Å². The summed E-state index contributed by atoms with van der Waals surface area (Å²) in [5.41, 5.74) is 0. The summed E-state index contributed by atoms with van der Waals surface area (Å²) in [6.45, 7) is 4.08. The van der Waals surface area contributed by atoms with Crippen molar-refractivity contribution >= 4 is 13.7 Å². The van der Waals surface area contributed by atoms with Gasteiger partial charge in [-0.15, -0.1) is 0 Å². The van der Waals surface area contributed by atoms with E-state index in [1.807, 2.05) is 28.1 Å². The van der Waals surface area contributed by atoms with Crippen LogP contribution >= 0.6 is 7.82 Å². The molecule has 4 atom stereocenters. The Morgan fingerprint density at radius 3 is 1.37 bits per heavy atom. The second kappa shape index (κ2) is 50.9. The van der Waals surface area contributed by atoms with Crippen LogP contribution in [0.5, 0.6) is 0 Å². The number of nitrogens with one attached hydrogen (secondary N) is 1. The molecular weight excluding hydrogens is 904 g/mol. The summed E-state index contributed by atoms with van der Waals surface area (Å²) in [7, 11) is 1.09. The number of hydrogen-bond acceptors (Lipinski definition) is 7. The lowest BCUT2D eigenvalue weighted by Gasteiger charge is -2.31. The van der Waals surface area contributed by atoms with Crippen molar-refractivity contribution < 1.29 is 38.0 Å². The number of hydrogen-bond donors (Lipinski definition) is 3. The fourth-order valence-corrected chi connectivity index (χ4v) is 8.69. The number of phosphoric acid groups is 1. The Balaban J connectivity index is 4.08. The van der Waals surface area contributed by atoms with Crippen molar-refractivity contribution in [2.45, 2.75) is 244 Å². The number of aliphatic hydroxyl groups excluding tert-OH is 2. The average molecular weight is 1010 g/mol. The third-order valence-corrected chi connectivity index (χ3v) is 13.4. The van der Waals surface area contributed by atoms with Gasteiger partial charge in [0.05, 0.1) is 39.9 Å². The number of amides is 1. The number of unbranched alkanes of at least 4 members (excludes halogenated alkanes) is 22. The predicted octanol–water partition coefficient (Wildman–Crippen LogP) is 15.8. The molecule has 0 heterocycles. The highest BCUT2D eigenvalue weighted by atomic mass is 31.2. The standard InChI is InChI=1S/C61H109N2O7P/c1-6-8-10-12-14-16-18-20-21-22-23-24-25-26-27-28-29-30-31-32-33-34-35-36-37-38-39-40-41-42-44-46-48-50-52-54-60(65)62-58(57-70-71(67,68)69-56-55-63(3,4)5)61(66)59(64)53-51-49-47-45-43-19-17-15-13-11-9-7-2/h7-10,14-17,20-21,23-24,26-27,45,47,58-59,61,64,66H,6,11-13,18-19,22,25,28-44,46,48-57H2,1-5H3,(H-,62,65,67,68)/b9-7+,10-8-,16-14-,17-15+,21-20-,24-23-,27-26-,47-45+. The summed E-state index contributed by atoms with van der Waals surface area (Å²) < 4.78 is 23.2. The minimum absolute atomic E-state index is 0.0529. The predicted molar refractivity (Wildman–Crippen MR) is 303 cm³/mol. The molecular formula is C61H109N2O7P. The summed E-state index contributed by atoms with van der Waals surface area (Å²) in [5.74, 6) is -0.297. The van der Waals surface area contributed by atoms with Crippen molar-refractivity contribution in [3.8, 4) is 0 Å². The maximum Gasteiger partial charge on any atom is 0.268 e. The Morgan fingerprint density at radius 2 is 0.915 bits per heavy atom. The van der Waals surface area contributed by atoms with E-state index in [0.29, 0.717) is 30.3 Å². The second-order valence-electron chi connectivity index (χ2n) is 20.4. The van der Waals surface area contributed by atoms with Crippen LogP contribution in [0.25, 0.3) is 0 Å². The fourth-order valence-electron chi connectivity index (χ4n) is 7.97. The zero-order chi connectivity index (χ0) is 52.2. The lowest BCUT2D eigenvalue weighted by molar-refractivity contribution is -0.870. The molecule has 0 aromatic heterocycles. The normalized spacial score (nSPS) is 15.1. The lowest BCUT2D eigenvalue weighted by atomic mass is 10.0. The van der Waals surface area contributed by atoms with E-state index < -0.39 is 32.7 Å². The molecule has 1 amide bonds. The number of nitrogens with zero attached hydrogens (tertiary/aromatic N) is 1. The highest BCUT2D eigenvalue weighted by Crippen LogP contribution is 2.38. The average Bonchev–Trinajstić information content (AvgIpc) is 3.33. The van der Waals surface area contributed by atoms with Gasteiger partial charge < -0.3 is 34.0 Å². The van der Waals surface area contributed by atoms with Gasteiger partial charge >= 0.3 is 0 Å². The topological polar surface area (TPSA) is 128 Å². The molecule has 0 bridgehead atoms. The third kappa shape index (κ3) is 52.1. The smallest absolute Gasteiger partial charge is 0.268 e. The molecule has 4 unspecified atom stereocenters. The minimum Gasteiger partial charge on any atom is -0.756 e. The van der Waals surface area contributed by atoms with E-state index in [4.69, 9.17) is 9.05 Å². The van der Waals surface area contributed by atoms with E-state index in [9.17, 15) is 24.5 Å². The first-order valence-electron chi connectivity index (χ1n) is 28.6. The molecule has 410 valence electrons. The van der Waals surface area contributed by atoms with Crippen molar-refractivity contribution in [1.82, 2.24) is 5.32 Å². The first kappa shape index (κ1) is 68.4. The van der Waals surface area contributed by atoms with Gasteiger partial charge in [-0.25, -0.2) is 0 Å². The zero-order valence-corrected chi connectivity index (χ0v) is 47.2. The van der Waals surface area contributed by atoms with Crippen LogP contribution < -0.4 is 10.2 Å². The second-order valence-corrected chi connectivity index (χ2v) is 21.8. The fraction of sp³-hybridized carbons (Fsp3) is 0.721. The van der Waals surface area contributed by atoms with Gasteiger partial charge in [0.1, 0.15) is 19.3 Å². The summed E-state index contributed by atoms with van der Waals surface area (Å²) >= 11 is 0. The summed E-state index contributed by atoms with van der Waals surface area (Å²) in [6.07, 6.45) is 69.3. The molecule has 0 aliphatic carbocycles. The first-order valence-corrected chi connectivity index (χ1v) is 30.1. The van der Waals surface area contributed by atoms with E-state index in [2.05, 4.69) is 109 Å². The van der Waals surface area contributed by atoms with Gasteiger partial charge in [-0.05, 0) is 103 Å². The van der Waals surface area contributed by atoms with E-state index in [-0.39, 0.29) is 18.9 Å². The van der Waals surface area contributed by atoms with Crippen LogP contribution in [-0.4, -0.2) is 79.8 Å². The Labute approximate surface area is 437 Å². The van der Waals surface area contributed by atoms with E-state index >= 15 is 0 Å². The first-order chi connectivity index (χ1) is 34.4. The SMILES string of the molecule is C/C=C/CC/C=C/CC/C=C/CCCC(O)C(O)C(COP(=O)([O-])OCC[N+](C)(C)C)NC(=O)CCCCCCCCCCCCCCCCCCCCC/C=C\C/C=C\C/C=C\C/C=C\C/C=C\CC. The molecule has 3 N–H and O–H groups in total. The van der Waals surface area contributed by atoms with E-state index in [0.717, 1.165) is 83.5 Å². The highest BCUT2D eigenvalue weighted by Gasteiger charge is 2.29. The van der Waals surface area contributed by atoms with Crippen LogP contribution in [0.15, 0.2) is 97.2 Å². The van der Waals surface area contributed by atoms with Crippen molar-refractivity contribution in [2.75, 3.05) is 40.9 Å². The van der Waals surface area contributed by atoms with Crippen LogP contribution in [0.2, 0.25) is 0 Å². The number of carbonyl (C=O) groups is 1. The van der Waals surface area contributed by atoms with Crippen molar-refractivity contribution in [2.24, 2.45) is 0 Å². The molecule has 9 nitrogen and oxygen atoms in total. The highest BCUT2D eigenvalue weighted by molar-refractivity contribution is 7.45. The maximum absolute atomic E-state index is 13.0. The van der Waals surface area contributed by atoms with Crippen LogP contribution in [0, 0.1) is 0 Å². The number of rotatable bonds is 51. The molecule has 0 radical (unpaired) electrons. The molecule has 0 aromatic rings. The van der Waals surface area contributed by atoms with Crippen LogP contribution in [0.3, 0.4) is 0 Å². The van der Waals surface area contributed by atoms with Gasteiger partial charge in [-0.2, -0.15) is 0 Å². The Kier molecular flexibility index (Phi) is 49.0. The number of allylic oxidation sites excluding steroid dienone is 16. The number of aliphatic hydroxyl groups is 2.